The van der Waals surface area contributed by atoms with Crippen LogP contribution >= 0.6 is 34.7 Å². The first kappa shape index (κ1) is 17.5. The number of hydrogen-bond donors (Lipinski definition) is 4. The number of hydrogen-bond acceptors (Lipinski definition) is 9. The summed E-state index contributed by atoms with van der Waals surface area (Å²) < 4.78 is 0. The average Bonchev–Trinajstić information content (AvgIpc) is 2.98. The largest absolute Gasteiger partial charge is 0.477 e. The molecule has 2 atom stereocenters. The van der Waals surface area contributed by atoms with E-state index in [9.17, 15) is 19.5 Å². The Kier molecular flexibility index (Phi) is 4.58. The molecule has 1 aromatic rings. The van der Waals surface area contributed by atoms with Gasteiger partial charge >= 0.3 is 5.97 Å². The van der Waals surface area contributed by atoms with Crippen molar-refractivity contribution in [3.05, 3.63) is 21.8 Å². The molecule has 5 N–H and O–H groups in total. The summed E-state index contributed by atoms with van der Waals surface area (Å²) in [6.07, 6.45) is 0. The molecular formula is C12H10ClN5O5S2. The number of nitrogens with two attached hydrogens (primary N) is 1. The number of carboxylic acids is 1. The van der Waals surface area contributed by atoms with Crippen LogP contribution in [0.4, 0.5) is 5.13 Å². The Bertz CT molecular complexity index is 838. The number of β-lactam (4-membered cyclic amide) rings is 1. The fourth-order valence-corrected chi connectivity index (χ4v) is 4.50. The molecule has 10 nitrogen and oxygen atoms in total. The molecule has 13 heteroatoms. The number of carboxylic acid groups (broad SMARTS) is 1. The van der Waals surface area contributed by atoms with Crippen molar-refractivity contribution in [3.8, 4) is 0 Å². The lowest BCUT2D eigenvalue weighted by Gasteiger charge is -2.48. The summed E-state index contributed by atoms with van der Waals surface area (Å²) in [5, 5.41) is 24.6. The van der Waals surface area contributed by atoms with Crippen molar-refractivity contribution in [2.45, 2.75) is 11.4 Å². The van der Waals surface area contributed by atoms with Gasteiger partial charge in [-0.3, -0.25) is 14.5 Å². The van der Waals surface area contributed by atoms with Gasteiger partial charge in [-0.1, -0.05) is 16.8 Å². The molecule has 1 saturated heterocycles. The number of halogens is 1. The first-order valence-electron chi connectivity index (χ1n) is 6.66. The second-order valence-electron chi connectivity index (χ2n) is 4.94. The molecule has 0 spiro atoms. The van der Waals surface area contributed by atoms with E-state index in [4.69, 9.17) is 22.5 Å². The molecule has 0 aliphatic carbocycles. The molecule has 0 aromatic carbocycles. The summed E-state index contributed by atoms with van der Waals surface area (Å²) in [5.41, 5.74) is 4.86. The summed E-state index contributed by atoms with van der Waals surface area (Å²) >= 11 is 8.14. The van der Waals surface area contributed by atoms with E-state index in [0.29, 0.717) is 0 Å². The van der Waals surface area contributed by atoms with Crippen LogP contribution in [0, 0.1) is 0 Å². The molecule has 0 unspecified atom stereocenters. The van der Waals surface area contributed by atoms with Gasteiger partial charge in [0.15, 0.2) is 10.8 Å². The summed E-state index contributed by atoms with van der Waals surface area (Å²) in [6.45, 7) is 0. The summed E-state index contributed by atoms with van der Waals surface area (Å²) in [4.78, 5) is 40.7. The number of thiazole rings is 1. The summed E-state index contributed by atoms with van der Waals surface area (Å²) in [5.74, 6) is -2.56. The lowest BCUT2D eigenvalue weighted by atomic mass is 10.0. The van der Waals surface area contributed by atoms with Crippen LogP contribution in [-0.2, 0) is 14.4 Å². The van der Waals surface area contributed by atoms with Crippen molar-refractivity contribution < 1.29 is 24.7 Å². The third-order valence-corrected chi connectivity index (χ3v) is 5.92. The van der Waals surface area contributed by atoms with Crippen LogP contribution < -0.4 is 11.1 Å². The minimum Gasteiger partial charge on any atom is -0.477 e. The minimum atomic E-state index is -1.32. The van der Waals surface area contributed by atoms with Crippen molar-refractivity contribution in [1.29, 1.82) is 0 Å². The third-order valence-electron chi connectivity index (χ3n) is 3.49. The number of aliphatic carboxylic acids is 1. The van der Waals surface area contributed by atoms with E-state index in [1.165, 1.54) is 17.1 Å². The summed E-state index contributed by atoms with van der Waals surface area (Å²) in [7, 11) is 0. The van der Waals surface area contributed by atoms with Crippen LogP contribution in [0.25, 0.3) is 0 Å². The Morgan fingerprint density at radius 1 is 1.52 bits per heavy atom. The zero-order valence-electron chi connectivity index (χ0n) is 12.2. The van der Waals surface area contributed by atoms with Crippen LogP contribution in [0.5, 0.6) is 0 Å². The fraction of sp³-hybridized carbons (Fsp3) is 0.250. The minimum absolute atomic E-state index is 0.0578. The topological polar surface area (TPSA) is 158 Å². The maximum atomic E-state index is 12.3. The number of nitrogen functional groups attached to an aromatic ring is 1. The highest BCUT2D eigenvalue weighted by Gasteiger charge is 2.54. The van der Waals surface area contributed by atoms with E-state index in [1.54, 1.807) is 0 Å². The van der Waals surface area contributed by atoms with Gasteiger partial charge in [0.25, 0.3) is 11.8 Å². The fourth-order valence-electron chi connectivity index (χ4n) is 2.40. The molecule has 2 aliphatic heterocycles. The first-order chi connectivity index (χ1) is 11.8. The number of nitrogens with zero attached hydrogens (tertiary/aromatic N) is 3. The SMILES string of the molecule is Nc1nc(/C(=N/O)C(=O)N[C@@H]2C(=O)N3C(C(=O)O)=C(Cl)CS[C@H]23)cs1. The lowest BCUT2D eigenvalue weighted by molar-refractivity contribution is -0.150. The predicted octanol–water partition coefficient (Wildman–Crippen LogP) is -0.161. The van der Waals surface area contributed by atoms with E-state index in [0.717, 1.165) is 16.2 Å². The third kappa shape index (κ3) is 2.92. The Balaban J connectivity index is 1.76. The van der Waals surface area contributed by atoms with Gasteiger partial charge < -0.3 is 21.4 Å². The molecule has 0 saturated carbocycles. The number of amides is 2. The van der Waals surface area contributed by atoms with Crippen LogP contribution in [0.3, 0.4) is 0 Å². The van der Waals surface area contributed by atoms with Crippen molar-refractivity contribution in [1.82, 2.24) is 15.2 Å². The standard InChI is InChI=1S/C12H10ClN5O5S2/c13-3-1-24-10-6(9(20)18(10)7(3)11(21)22)16-8(19)5(17-23)4-2-25-12(14)15-4/h2,6,10,23H,1H2,(H2,14,15)(H,16,19)(H,21,22)/b17-5-/t6-,10-/m1/s1. The predicted molar refractivity (Wildman–Crippen MR) is 90.4 cm³/mol. The maximum Gasteiger partial charge on any atom is 0.353 e. The van der Waals surface area contributed by atoms with Gasteiger partial charge in [-0.15, -0.1) is 23.1 Å². The number of anilines is 1. The molecule has 3 heterocycles. The van der Waals surface area contributed by atoms with Crippen molar-refractivity contribution in [2.75, 3.05) is 11.5 Å². The summed E-state index contributed by atoms with van der Waals surface area (Å²) in [6, 6.07) is -0.968. The number of nitrogens with one attached hydrogen (secondary N) is 1. The monoisotopic (exact) mass is 403 g/mol. The number of aromatic nitrogens is 1. The van der Waals surface area contributed by atoms with Crippen molar-refractivity contribution in [2.24, 2.45) is 5.16 Å². The first-order valence-corrected chi connectivity index (χ1v) is 8.96. The van der Waals surface area contributed by atoms with E-state index in [-0.39, 0.29) is 27.3 Å². The van der Waals surface area contributed by atoms with E-state index in [2.05, 4.69) is 15.5 Å². The molecule has 0 bridgehead atoms. The number of fused-ring (bicyclic) bond motifs is 1. The molecule has 3 rings (SSSR count). The Morgan fingerprint density at radius 2 is 2.24 bits per heavy atom. The van der Waals surface area contributed by atoms with Gasteiger partial charge in [0.2, 0.25) is 0 Å². The van der Waals surface area contributed by atoms with E-state index >= 15 is 0 Å². The van der Waals surface area contributed by atoms with Crippen LogP contribution in [0.15, 0.2) is 21.3 Å². The van der Waals surface area contributed by atoms with Crippen molar-refractivity contribution >= 4 is 63.3 Å². The van der Waals surface area contributed by atoms with Crippen molar-refractivity contribution in [3.63, 3.8) is 0 Å². The molecule has 2 amide bonds. The normalized spacial score (nSPS) is 23.2. The second kappa shape index (κ2) is 6.54. The Labute approximate surface area is 153 Å². The van der Waals surface area contributed by atoms with Gasteiger partial charge in [0.1, 0.15) is 22.8 Å². The highest BCUT2D eigenvalue weighted by atomic mass is 35.5. The van der Waals surface area contributed by atoms with E-state index in [1.807, 2.05) is 0 Å². The lowest BCUT2D eigenvalue weighted by Crippen LogP contribution is -2.70. The number of rotatable bonds is 4. The van der Waals surface area contributed by atoms with Gasteiger partial charge in [-0.2, -0.15) is 0 Å². The maximum absolute atomic E-state index is 12.3. The number of carbonyl (C=O) groups excluding carboxylic acids is 2. The van der Waals surface area contributed by atoms with Gasteiger partial charge in [0, 0.05) is 11.1 Å². The molecule has 132 valence electrons. The van der Waals surface area contributed by atoms with E-state index < -0.39 is 34.9 Å². The number of carbonyl (C=O) groups is 3. The number of thioether (sulfide) groups is 1. The second-order valence-corrected chi connectivity index (χ2v) is 7.39. The van der Waals surface area contributed by atoms with Gasteiger partial charge in [-0.25, -0.2) is 9.78 Å². The Morgan fingerprint density at radius 3 is 2.80 bits per heavy atom. The zero-order valence-corrected chi connectivity index (χ0v) is 14.6. The molecule has 2 aliphatic rings. The quantitative estimate of drug-likeness (QED) is 0.233. The average molecular weight is 404 g/mol. The molecular weight excluding hydrogens is 394 g/mol. The van der Waals surface area contributed by atoms with Crippen LogP contribution in [-0.4, -0.2) is 60.9 Å². The zero-order chi connectivity index (χ0) is 18.3. The molecule has 25 heavy (non-hydrogen) atoms. The van der Waals surface area contributed by atoms with Crippen LogP contribution in [0.1, 0.15) is 5.69 Å². The highest BCUT2D eigenvalue weighted by Crippen LogP contribution is 2.41. The smallest absolute Gasteiger partial charge is 0.353 e. The number of oxime groups is 1. The van der Waals surface area contributed by atoms with Gasteiger partial charge in [0.05, 0.1) is 5.03 Å². The molecule has 1 aromatic heterocycles. The van der Waals surface area contributed by atoms with Gasteiger partial charge in [-0.05, 0) is 0 Å². The van der Waals surface area contributed by atoms with Crippen LogP contribution in [0.2, 0.25) is 0 Å². The molecule has 0 radical (unpaired) electrons. The highest BCUT2D eigenvalue weighted by molar-refractivity contribution is 8.00. The molecule has 1 fully saturated rings. The Hall–Kier alpha value is -2.31.